The summed E-state index contributed by atoms with van der Waals surface area (Å²) in [5.74, 6) is 1.05. The summed E-state index contributed by atoms with van der Waals surface area (Å²) in [5.41, 5.74) is 2.65. The Balaban J connectivity index is 1.41. The van der Waals surface area contributed by atoms with Gasteiger partial charge in [0.15, 0.2) is 0 Å². The first kappa shape index (κ1) is 17.4. The van der Waals surface area contributed by atoms with E-state index in [1.165, 1.54) is 0 Å². The van der Waals surface area contributed by atoms with Gasteiger partial charge in [0.2, 0.25) is 0 Å². The number of aryl methyl sites for hydroxylation is 1. The summed E-state index contributed by atoms with van der Waals surface area (Å²) in [6, 6.07) is 7.59. The molecule has 1 saturated heterocycles. The molecule has 0 bridgehead atoms. The summed E-state index contributed by atoms with van der Waals surface area (Å²) in [4.78, 5) is 24.9. The third-order valence-electron chi connectivity index (χ3n) is 4.81. The van der Waals surface area contributed by atoms with E-state index in [9.17, 15) is 4.79 Å². The summed E-state index contributed by atoms with van der Waals surface area (Å²) >= 11 is 0. The van der Waals surface area contributed by atoms with Gasteiger partial charge in [0.25, 0.3) is 5.91 Å². The van der Waals surface area contributed by atoms with Crippen LogP contribution < -0.4 is 0 Å². The Hall–Kier alpha value is -3.00. The van der Waals surface area contributed by atoms with Crippen LogP contribution in [-0.2, 0) is 6.54 Å². The summed E-state index contributed by atoms with van der Waals surface area (Å²) in [7, 11) is 0. The van der Waals surface area contributed by atoms with Crippen molar-refractivity contribution in [3.63, 3.8) is 0 Å². The Morgan fingerprint density at radius 2 is 2.00 bits per heavy atom. The van der Waals surface area contributed by atoms with E-state index >= 15 is 0 Å². The van der Waals surface area contributed by atoms with E-state index in [2.05, 4.69) is 25.1 Å². The monoisotopic (exact) mass is 365 g/mol. The lowest BCUT2D eigenvalue weighted by molar-refractivity contribution is 0.0761. The standard InChI is InChI=1S/C19H23N7O/c1-15-11-20-18(23-15)12-24-6-3-7-25(9-8-24)19(27)16-4-2-5-17(10-16)26-13-21-22-14-26/h2,4-5,10-11,13-14H,3,6-9,12H2,1H3,(H,20,23). The lowest BCUT2D eigenvalue weighted by atomic mass is 10.1. The zero-order chi connectivity index (χ0) is 18.6. The maximum atomic E-state index is 13.0. The number of H-pyrrole nitrogens is 1. The highest BCUT2D eigenvalue weighted by Crippen LogP contribution is 2.14. The molecular formula is C19H23N7O. The zero-order valence-electron chi connectivity index (χ0n) is 15.4. The number of aromatic amines is 1. The van der Waals surface area contributed by atoms with Gasteiger partial charge < -0.3 is 9.88 Å². The molecule has 1 aliphatic rings. The molecule has 3 aromatic rings. The molecule has 0 unspecified atom stereocenters. The molecular weight excluding hydrogens is 342 g/mol. The van der Waals surface area contributed by atoms with E-state index in [1.807, 2.05) is 42.3 Å². The minimum absolute atomic E-state index is 0.0700. The molecule has 2 aromatic heterocycles. The first-order valence-corrected chi connectivity index (χ1v) is 9.16. The maximum absolute atomic E-state index is 13.0. The van der Waals surface area contributed by atoms with Crippen molar-refractivity contribution >= 4 is 5.91 Å². The lowest BCUT2D eigenvalue weighted by Crippen LogP contribution is -2.35. The van der Waals surface area contributed by atoms with Gasteiger partial charge in [-0.2, -0.15) is 0 Å². The zero-order valence-corrected chi connectivity index (χ0v) is 15.4. The molecule has 1 amide bonds. The Labute approximate surface area is 157 Å². The van der Waals surface area contributed by atoms with Crippen LogP contribution in [0.1, 0.15) is 28.3 Å². The fraction of sp³-hybridized carbons (Fsp3) is 0.368. The van der Waals surface area contributed by atoms with Crippen LogP contribution in [0.25, 0.3) is 5.69 Å². The smallest absolute Gasteiger partial charge is 0.253 e. The fourth-order valence-electron chi connectivity index (χ4n) is 3.41. The van der Waals surface area contributed by atoms with E-state index in [-0.39, 0.29) is 5.91 Å². The van der Waals surface area contributed by atoms with Crippen molar-refractivity contribution in [3.8, 4) is 5.69 Å². The van der Waals surface area contributed by atoms with Gasteiger partial charge in [-0.15, -0.1) is 10.2 Å². The van der Waals surface area contributed by atoms with Crippen molar-refractivity contribution in [1.82, 2.24) is 34.5 Å². The Kier molecular flexibility index (Phi) is 4.97. The molecule has 27 heavy (non-hydrogen) atoms. The number of hydrogen-bond donors (Lipinski definition) is 1. The second-order valence-electron chi connectivity index (χ2n) is 6.85. The number of carbonyl (C=O) groups excluding carboxylic acids is 1. The van der Waals surface area contributed by atoms with Crippen LogP contribution in [-0.4, -0.2) is 66.6 Å². The van der Waals surface area contributed by atoms with Crippen LogP contribution >= 0.6 is 0 Å². The second-order valence-corrected chi connectivity index (χ2v) is 6.85. The van der Waals surface area contributed by atoms with Crippen LogP contribution in [0.3, 0.4) is 0 Å². The molecule has 4 rings (SSSR count). The molecule has 0 radical (unpaired) electrons. The van der Waals surface area contributed by atoms with Crippen molar-refractivity contribution in [1.29, 1.82) is 0 Å². The Bertz CT molecular complexity index is 902. The normalized spacial score (nSPS) is 15.7. The highest BCUT2D eigenvalue weighted by Gasteiger charge is 2.21. The van der Waals surface area contributed by atoms with Crippen molar-refractivity contribution in [2.45, 2.75) is 19.9 Å². The molecule has 0 saturated carbocycles. The van der Waals surface area contributed by atoms with E-state index in [0.29, 0.717) is 5.56 Å². The Morgan fingerprint density at radius 1 is 1.15 bits per heavy atom. The third kappa shape index (κ3) is 4.06. The van der Waals surface area contributed by atoms with Gasteiger partial charge in [-0.1, -0.05) is 6.07 Å². The lowest BCUT2D eigenvalue weighted by Gasteiger charge is -2.22. The van der Waals surface area contributed by atoms with E-state index in [4.69, 9.17) is 0 Å². The predicted octanol–water partition coefficient (Wildman–Crippen LogP) is 1.65. The summed E-state index contributed by atoms with van der Waals surface area (Å²) in [5, 5.41) is 7.65. The topological polar surface area (TPSA) is 82.9 Å². The van der Waals surface area contributed by atoms with Crippen LogP contribution in [0.4, 0.5) is 0 Å². The van der Waals surface area contributed by atoms with Crippen LogP contribution in [0.2, 0.25) is 0 Å². The first-order chi connectivity index (χ1) is 13.2. The Morgan fingerprint density at radius 3 is 2.78 bits per heavy atom. The van der Waals surface area contributed by atoms with E-state index in [1.54, 1.807) is 17.2 Å². The SMILES string of the molecule is Cc1cnc(CN2CCCN(C(=O)c3cccc(-n4cnnc4)c3)CC2)[nH]1. The van der Waals surface area contributed by atoms with Crippen LogP contribution in [0, 0.1) is 6.92 Å². The second kappa shape index (κ2) is 7.71. The fourth-order valence-corrected chi connectivity index (χ4v) is 3.41. The molecule has 1 aromatic carbocycles. The van der Waals surface area contributed by atoms with Gasteiger partial charge in [0.1, 0.15) is 18.5 Å². The molecule has 8 nitrogen and oxygen atoms in total. The summed E-state index contributed by atoms with van der Waals surface area (Å²) < 4.78 is 1.80. The molecule has 8 heteroatoms. The van der Waals surface area contributed by atoms with Crippen molar-refractivity contribution in [3.05, 3.63) is 60.2 Å². The molecule has 1 N–H and O–H groups in total. The van der Waals surface area contributed by atoms with Gasteiger partial charge in [-0.25, -0.2) is 4.98 Å². The quantitative estimate of drug-likeness (QED) is 0.760. The molecule has 3 heterocycles. The van der Waals surface area contributed by atoms with E-state index in [0.717, 1.165) is 56.4 Å². The van der Waals surface area contributed by atoms with Gasteiger partial charge in [0, 0.05) is 49.3 Å². The number of nitrogens with one attached hydrogen (secondary N) is 1. The van der Waals surface area contributed by atoms with Gasteiger partial charge in [0.05, 0.1) is 6.54 Å². The first-order valence-electron chi connectivity index (χ1n) is 9.16. The van der Waals surface area contributed by atoms with Crippen molar-refractivity contribution < 1.29 is 4.79 Å². The summed E-state index contributed by atoms with van der Waals surface area (Å²) in [6.07, 6.45) is 6.07. The van der Waals surface area contributed by atoms with Gasteiger partial charge >= 0.3 is 0 Å². The van der Waals surface area contributed by atoms with Gasteiger partial charge in [-0.05, 0) is 31.5 Å². The average molecular weight is 365 g/mol. The molecule has 0 aliphatic carbocycles. The minimum atomic E-state index is 0.0700. The number of nitrogens with zero attached hydrogens (tertiary/aromatic N) is 6. The van der Waals surface area contributed by atoms with Crippen LogP contribution in [0.15, 0.2) is 43.1 Å². The van der Waals surface area contributed by atoms with Crippen molar-refractivity contribution in [2.24, 2.45) is 0 Å². The number of rotatable bonds is 4. The van der Waals surface area contributed by atoms with Gasteiger partial charge in [-0.3, -0.25) is 14.3 Å². The summed E-state index contributed by atoms with van der Waals surface area (Å²) in [6.45, 7) is 6.09. The average Bonchev–Trinajstić information content (AvgIpc) is 3.30. The largest absolute Gasteiger partial charge is 0.345 e. The molecule has 1 fully saturated rings. The van der Waals surface area contributed by atoms with E-state index < -0.39 is 0 Å². The number of benzene rings is 1. The highest BCUT2D eigenvalue weighted by molar-refractivity contribution is 5.94. The maximum Gasteiger partial charge on any atom is 0.253 e. The highest BCUT2D eigenvalue weighted by atomic mass is 16.2. The number of hydrogen-bond acceptors (Lipinski definition) is 5. The number of carbonyl (C=O) groups is 1. The molecule has 1 aliphatic heterocycles. The van der Waals surface area contributed by atoms with Crippen molar-refractivity contribution in [2.75, 3.05) is 26.2 Å². The number of amides is 1. The van der Waals surface area contributed by atoms with Crippen LogP contribution in [0.5, 0.6) is 0 Å². The molecule has 0 spiro atoms. The third-order valence-corrected chi connectivity index (χ3v) is 4.81. The molecule has 0 atom stereocenters. The minimum Gasteiger partial charge on any atom is -0.345 e. The number of imidazole rings is 1. The molecule has 140 valence electrons. The number of aromatic nitrogens is 5. The predicted molar refractivity (Wildman–Crippen MR) is 100 cm³/mol.